The summed E-state index contributed by atoms with van der Waals surface area (Å²) in [6, 6.07) is 14.8. The molecular formula is C16H16FNOS. The van der Waals surface area contributed by atoms with Crippen molar-refractivity contribution in [3.63, 3.8) is 0 Å². The minimum atomic E-state index is -0.444. The maximum absolute atomic E-state index is 13.8. The van der Waals surface area contributed by atoms with Crippen molar-refractivity contribution in [2.75, 3.05) is 12.3 Å². The summed E-state index contributed by atoms with van der Waals surface area (Å²) in [6.07, 6.45) is 0. The highest BCUT2D eigenvalue weighted by atomic mass is 32.2. The van der Waals surface area contributed by atoms with Gasteiger partial charge in [-0.25, -0.2) is 4.39 Å². The van der Waals surface area contributed by atoms with Crippen LogP contribution in [0, 0.1) is 12.7 Å². The number of carbonyl (C=O) groups excluding carboxylic acids is 1. The number of hydrogen-bond acceptors (Lipinski definition) is 2. The van der Waals surface area contributed by atoms with E-state index in [-0.39, 0.29) is 11.5 Å². The molecule has 0 saturated carbocycles. The van der Waals surface area contributed by atoms with Gasteiger partial charge in [-0.3, -0.25) is 4.79 Å². The van der Waals surface area contributed by atoms with Crippen molar-refractivity contribution in [2.24, 2.45) is 0 Å². The molecule has 104 valence electrons. The number of aryl methyl sites for hydroxylation is 1. The molecule has 4 heteroatoms. The van der Waals surface area contributed by atoms with Gasteiger partial charge < -0.3 is 5.32 Å². The Hall–Kier alpha value is -1.81. The van der Waals surface area contributed by atoms with Crippen LogP contribution in [0.1, 0.15) is 15.9 Å². The van der Waals surface area contributed by atoms with Crippen LogP contribution < -0.4 is 5.32 Å². The van der Waals surface area contributed by atoms with Crippen LogP contribution in [0.5, 0.6) is 0 Å². The molecule has 0 unspecified atom stereocenters. The van der Waals surface area contributed by atoms with Gasteiger partial charge in [0.05, 0.1) is 5.56 Å². The maximum Gasteiger partial charge on any atom is 0.254 e. The van der Waals surface area contributed by atoms with Crippen molar-refractivity contribution in [3.8, 4) is 0 Å². The van der Waals surface area contributed by atoms with E-state index < -0.39 is 5.82 Å². The van der Waals surface area contributed by atoms with E-state index in [0.29, 0.717) is 12.1 Å². The van der Waals surface area contributed by atoms with Crippen LogP contribution in [0.15, 0.2) is 53.4 Å². The Morgan fingerprint density at radius 3 is 2.65 bits per heavy atom. The number of halogens is 1. The van der Waals surface area contributed by atoms with Crippen LogP contribution in [0.3, 0.4) is 0 Å². The SMILES string of the molecule is Cc1cccc(C(=O)NCCSc2ccccc2)c1F. The molecule has 0 aliphatic rings. The lowest BCUT2D eigenvalue weighted by Crippen LogP contribution is -2.26. The van der Waals surface area contributed by atoms with Crippen molar-refractivity contribution in [1.82, 2.24) is 5.32 Å². The first-order valence-corrected chi connectivity index (χ1v) is 7.38. The summed E-state index contributed by atoms with van der Waals surface area (Å²) in [6.45, 7) is 2.16. The minimum Gasteiger partial charge on any atom is -0.351 e. The second-order valence-electron chi connectivity index (χ2n) is 4.35. The van der Waals surface area contributed by atoms with Gasteiger partial charge in [0.2, 0.25) is 0 Å². The highest BCUT2D eigenvalue weighted by molar-refractivity contribution is 7.99. The van der Waals surface area contributed by atoms with Crippen molar-refractivity contribution in [2.45, 2.75) is 11.8 Å². The summed E-state index contributed by atoms with van der Waals surface area (Å²) in [7, 11) is 0. The van der Waals surface area contributed by atoms with Crippen molar-refractivity contribution >= 4 is 17.7 Å². The molecule has 0 radical (unpaired) electrons. The highest BCUT2D eigenvalue weighted by Gasteiger charge is 2.12. The van der Waals surface area contributed by atoms with Gasteiger partial charge in [0.15, 0.2) is 0 Å². The standard InChI is InChI=1S/C16H16FNOS/c1-12-6-5-9-14(15(12)17)16(19)18-10-11-20-13-7-3-2-4-8-13/h2-9H,10-11H2,1H3,(H,18,19). The molecule has 0 saturated heterocycles. The summed E-state index contributed by atoms with van der Waals surface area (Å²) in [5.74, 6) is -0.0519. The number of thioether (sulfide) groups is 1. The Bertz CT molecular complexity index is 586. The number of hydrogen-bond donors (Lipinski definition) is 1. The zero-order valence-corrected chi connectivity index (χ0v) is 12.0. The molecule has 0 aliphatic carbocycles. The Balaban J connectivity index is 1.82. The topological polar surface area (TPSA) is 29.1 Å². The van der Waals surface area contributed by atoms with Gasteiger partial charge in [0, 0.05) is 17.2 Å². The van der Waals surface area contributed by atoms with E-state index in [9.17, 15) is 9.18 Å². The number of nitrogens with one attached hydrogen (secondary N) is 1. The van der Waals surface area contributed by atoms with Gasteiger partial charge in [-0.05, 0) is 30.7 Å². The zero-order chi connectivity index (χ0) is 14.4. The third kappa shape index (κ3) is 3.84. The largest absolute Gasteiger partial charge is 0.351 e. The molecule has 0 spiro atoms. The lowest BCUT2D eigenvalue weighted by atomic mass is 10.1. The fraction of sp³-hybridized carbons (Fsp3) is 0.188. The molecule has 20 heavy (non-hydrogen) atoms. The van der Waals surface area contributed by atoms with Crippen LogP contribution in [0.2, 0.25) is 0 Å². The summed E-state index contributed by atoms with van der Waals surface area (Å²) in [5, 5.41) is 2.74. The van der Waals surface area contributed by atoms with E-state index in [1.807, 2.05) is 30.3 Å². The van der Waals surface area contributed by atoms with Crippen LogP contribution in [0.25, 0.3) is 0 Å². The molecule has 0 aliphatic heterocycles. The molecule has 2 rings (SSSR count). The highest BCUT2D eigenvalue weighted by Crippen LogP contribution is 2.16. The van der Waals surface area contributed by atoms with Gasteiger partial charge in [0.25, 0.3) is 5.91 Å². The third-order valence-electron chi connectivity index (χ3n) is 2.84. The number of benzene rings is 2. The second-order valence-corrected chi connectivity index (χ2v) is 5.52. The Labute approximate surface area is 122 Å². The third-order valence-corrected chi connectivity index (χ3v) is 3.85. The summed E-state index contributed by atoms with van der Waals surface area (Å²) in [5.41, 5.74) is 0.589. The Morgan fingerprint density at radius 2 is 1.90 bits per heavy atom. The van der Waals surface area contributed by atoms with Crippen molar-refractivity contribution in [1.29, 1.82) is 0 Å². The number of amides is 1. The van der Waals surface area contributed by atoms with Crippen molar-refractivity contribution < 1.29 is 9.18 Å². The molecular weight excluding hydrogens is 273 g/mol. The minimum absolute atomic E-state index is 0.106. The van der Waals surface area contributed by atoms with Gasteiger partial charge >= 0.3 is 0 Å². The predicted octanol–water partition coefficient (Wildman–Crippen LogP) is 3.66. The average molecular weight is 289 g/mol. The van der Waals surface area contributed by atoms with E-state index >= 15 is 0 Å². The average Bonchev–Trinajstić information content (AvgIpc) is 2.47. The Kier molecular flexibility index (Phi) is 5.18. The van der Waals surface area contributed by atoms with E-state index in [4.69, 9.17) is 0 Å². The Morgan fingerprint density at radius 1 is 1.15 bits per heavy atom. The first kappa shape index (κ1) is 14.6. The summed E-state index contributed by atoms with van der Waals surface area (Å²) >= 11 is 1.66. The van der Waals surface area contributed by atoms with Gasteiger partial charge in [-0.15, -0.1) is 11.8 Å². The summed E-state index contributed by atoms with van der Waals surface area (Å²) in [4.78, 5) is 13.0. The fourth-order valence-corrected chi connectivity index (χ4v) is 2.56. The molecule has 2 aromatic carbocycles. The normalized spacial score (nSPS) is 10.3. The second kappa shape index (κ2) is 7.10. The van der Waals surface area contributed by atoms with E-state index in [2.05, 4.69) is 5.32 Å². The van der Waals surface area contributed by atoms with Crippen LogP contribution in [-0.4, -0.2) is 18.2 Å². The molecule has 2 aromatic rings. The molecule has 0 aromatic heterocycles. The first-order chi connectivity index (χ1) is 9.68. The first-order valence-electron chi connectivity index (χ1n) is 6.39. The van der Waals surface area contributed by atoms with Crippen LogP contribution in [-0.2, 0) is 0 Å². The molecule has 2 nitrogen and oxygen atoms in total. The van der Waals surface area contributed by atoms with Crippen molar-refractivity contribution in [3.05, 3.63) is 65.5 Å². The number of rotatable bonds is 5. The quantitative estimate of drug-likeness (QED) is 0.672. The molecule has 1 amide bonds. The summed E-state index contributed by atoms with van der Waals surface area (Å²) < 4.78 is 13.8. The molecule has 0 bridgehead atoms. The lowest BCUT2D eigenvalue weighted by molar-refractivity contribution is 0.0952. The molecule has 0 atom stereocenters. The fourth-order valence-electron chi connectivity index (χ4n) is 1.77. The van der Waals surface area contributed by atoms with Gasteiger partial charge in [-0.2, -0.15) is 0 Å². The molecule has 0 fully saturated rings. The zero-order valence-electron chi connectivity index (χ0n) is 11.2. The van der Waals surface area contributed by atoms with E-state index in [1.165, 1.54) is 6.07 Å². The lowest BCUT2D eigenvalue weighted by Gasteiger charge is -2.07. The monoisotopic (exact) mass is 289 g/mol. The van der Waals surface area contributed by atoms with E-state index in [1.54, 1.807) is 30.8 Å². The smallest absolute Gasteiger partial charge is 0.254 e. The van der Waals surface area contributed by atoms with Gasteiger partial charge in [0.1, 0.15) is 5.82 Å². The van der Waals surface area contributed by atoms with E-state index in [0.717, 1.165) is 10.6 Å². The number of carbonyl (C=O) groups is 1. The predicted molar refractivity (Wildman–Crippen MR) is 80.6 cm³/mol. The maximum atomic E-state index is 13.8. The molecule has 0 heterocycles. The van der Waals surface area contributed by atoms with Crippen LogP contribution >= 0.6 is 11.8 Å². The van der Waals surface area contributed by atoms with Crippen LogP contribution in [0.4, 0.5) is 4.39 Å². The molecule has 1 N–H and O–H groups in total. The van der Waals surface area contributed by atoms with Gasteiger partial charge in [-0.1, -0.05) is 30.3 Å².